The molecule has 7 aromatic rings. The van der Waals surface area contributed by atoms with E-state index >= 15 is 0 Å². The van der Waals surface area contributed by atoms with Gasteiger partial charge in [0.05, 0.1) is 33.7 Å². The summed E-state index contributed by atoms with van der Waals surface area (Å²) in [5.41, 5.74) is 8.84. The maximum Gasteiger partial charge on any atom is 0.363 e. The number of hydrogen-bond acceptors (Lipinski definition) is 5. The molecule has 40 heavy (non-hydrogen) atoms. The first kappa shape index (κ1) is 23.6. The molecule has 0 bridgehead atoms. The van der Waals surface area contributed by atoms with Gasteiger partial charge in [0.1, 0.15) is 0 Å². The standard InChI is InChI=1S/C35H23N3O2/c39-35(40-38-25-14-5-2-6-15-25)29-22-33(37-31-20-19-24-13-7-8-16-26(24)34(29)31)32-21-28(23-11-3-1-4-12-23)27-17-9-10-18-30(27)36-32/h1-22,38H. The van der Waals surface area contributed by atoms with Crippen LogP contribution in [0.15, 0.2) is 133 Å². The van der Waals surface area contributed by atoms with Gasteiger partial charge in [-0.3, -0.25) is 0 Å². The van der Waals surface area contributed by atoms with E-state index in [4.69, 9.17) is 14.8 Å². The fourth-order valence-electron chi connectivity index (χ4n) is 5.13. The van der Waals surface area contributed by atoms with E-state index in [1.165, 1.54) is 0 Å². The van der Waals surface area contributed by atoms with E-state index in [2.05, 4.69) is 23.7 Å². The van der Waals surface area contributed by atoms with Crippen molar-refractivity contribution in [1.29, 1.82) is 0 Å². The van der Waals surface area contributed by atoms with Gasteiger partial charge in [-0.05, 0) is 58.3 Å². The molecule has 0 aliphatic carbocycles. The number of aromatic nitrogens is 2. The Balaban J connectivity index is 1.43. The summed E-state index contributed by atoms with van der Waals surface area (Å²) in [7, 11) is 0. The van der Waals surface area contributed by atoms with Crippen molar-refractivity contribution in [2.24, 2.45) is 0 Å². The van der Waals surface area contributed by atoms with Crippen LogP contribution in [0.3, 0.4) is 0 Å². The van der Waals surface area contributed by atoms with Crippen LogP contribution in [0, 0.1) is 0 Å². The molecule has 0 atom stereocenters. The summed E-state index contributed by atoms with van der Waals surface area (Å²) in [6.07, 6.45) is 0. The average molecular weight is 518 g/mol. The highest BCUT2D eigenvalue weighted by atomic mass is 16.7. The number of para-hydroxylation sites is 2. The van der Waals surface area contributed by atoms with Gasteiger partial charge in [-0.15, -0.1) is 0 Å². The molecule has 0 radical (unpaired) electrons. The molecular formula is C35H23N3O2. The zero-order chi connectivity index (χ0) is 26.9. The van der Waals surface area contributed by atoms with Crippen LogP contribution in [-0.4, -0.2) is 15.9 Å². The number of anilines is 1. The number of hydrogen-bond donors (Lipinski definition) is 1. The maximum absolute atomic E-state index is 13.6. The highest BCUT2D eigenvalue weighted by Gasteiger charge is 2.20. The van der Waals surface area contributed by atoms with Crippen LogP contribution >= 0.6 is 0 Å². The van der Waals surface area contributed by atoms with Crippen LogP contribution in [0.25, 0.3) is 55.1 Å². The minimum Gasteiger partial charge on any atom is -0.338 e. The van der Waals surface area contributed by atoms with Crippen molar-refractivity contribution >= 4 is 44.2 Å². The molecule has 0 aliphatic rings. The second-order valence-electron chi connectivity index (χ2n) is 9.53. The summed E-state index contributed by atoms with van der Waals surface area (Å²) in [5.74, 6) is -0.502. The molecule has 1 N–H and O–H groups in total. The third-order valence-electron chi connectivity index (χ3n) is 7.02. The number of benzene rings is 5. The lowest BCUT2D eigenvalue weighted by molar-refractivity contribution is 0.0598. The number of carbonyl (C=O) groups excluding carboxylic acids is 1. The van der Waals surface area contributed by atoms with Crippen LogP contribution in [0.5, 0.6) is 0 Å². The van der Waals surface area contributed by atoms with Crippen molar-refractivity contribution in [3.8, 4) is 22.5 Å². The first-order valence-electron chi connectivity index (χ1n) is 13.0. The largest absolute Gasteiger partial charge is 0.363 e. The van der Waals surface area contributed by atoms with Crippen molar-refractivity contribution in [3.63, 3.8) is 0 Å². The van der Waals surface area contributed by atoms with E-state index in [9.17, 15) is 4.79 Å². The predicted molar refractivity (Wildman–Crippen MR) is 161 cm³/mol. The Hall–Kier alpha value is -5.55. The summed E-state index contributed by atoms with van der Waals surface area (Å²) >= 11 is 0. The summed E-state index contributed by atoms with van der Waals surface area (Å²) in [4.78, 5) is 29.2. The molecule has 0 saturated carbocycles. The van der Waals surface area contributed by atoms with E-state index in [1.807, 2.05) is 109 Å². The molecule has 5 heteroatoms. The Morgan fingerprint density at radius 3 is 2.08 bits per heavy atom. The van der Waals surface area contributed by atoms with Crippen LogP contribution in [-0.2, 0) is 4.84 Å². The average Bonchev–Trinajstić information content (AvgIpc) is 3.03. The van der Waals surface area contributed by atoms with Gasteiger partial charge in [0.25, 0.3) is 0 Å². The number of rotatable bonds is 5. The smallest absolute Gasteiger partial charge is 0.338 e. The van der Waals surface area contributed by atoms with Crippen molar-refractivity contribution in [2.75, 3.05) is 5.48 Å². The minimum absolute atomic E-state index is 0.413. The molecule has 5 aromatic carbocycles. The fraction of sp³-hybridized carbons (Fsp3) is 0. The van der Waals surface area contributed by atoms with Crippen molar-refractivity contribution in [2.45, 2.75) is 0 Å². The van der Waals surface area contributed by atoms with E-state index in [-0.39, 0.29) is 0 Å². The van der Waals surface area contributed by atoms with Crippen LogP contribution < -0.4 is 5.48 Å². The SMILES string of the molecule is O=C(ONc1ccccc1)c1cc(-c2cc(-c3ccccc3)c3ccccc3n2)nc2ccc3ccccc3c12. The van der Waals surface area contributed by atoms with Gasteiger partial charge in [0.2, 0.25) is 0 Å². The van der Waals surface area contributed by atoms with Crippen LogP contribution in [0.1, 0.15) is 10.4 Å². The lowest BCUT2D eigenvalue weighted by atomic mass is 9.97. The fourth-order valence-corrected chi connectivity index (χ4v) is 5.13. The van der Waals surface area contributed by atoms with Crippen molar-refractivity contribution in [3.05, 3.63) is 139 Å². The van der Waals surface area contributed by atoms with E-state index < -0.39 is 5.97 Å². The van der Waals surface area contributed by atoms with E-state index in [0.29, 0.717) is 28.2 Å². The lowest BCUT2D eigenvalue weighted by Gasteiger charge is -2.14. The van der Waals surface area contributed by atoms with E-state index in [1.54, 1.807) is 6.07 Å². The number of nitrogens with one attached hydrogen (secondary N) is 1. The summed E-state index contributed by atoms with van der Waals surface area (Å²) in [5, 5.41) is 3.74. The zero-order valence-electron chi connectivity index (χ0n) is 21.4. The second kappa shape index (κ2) is 9.97. The van der Waals surface area contributed by atoms with E-state index in [0.717, 1.165) is 38.2 Å². The minimum atomic E-state index is -0.502. The van der Waals surface area contributed by atoms with Crippen molar-refractivity contribution < 1.29 is 9.63 Å². The summed E-state index contributed by atoms with van der Waals surface area (Å²) in [6, 6.07) is 43.4. The lowest BCUT2D eigenvalue weighted by Crippen LogP contribution is -2.12. The summed E-state index contributed by atoms with van der Waals surface area (Å²) < 4.78 is 0. The third-order valence-corrected chi connectivity index (χ3v) is 7.02. The maximum atomic E-state index is 13.6. The number of pyridine rings is 2. The molecular weight excluding hydrogens is 494 g/mol. The molecule has 0 aliphatic heterocycles. The topological polar surface area (TPSA) is 64.1 Å². The summed E-state index contributed by atoms with van der Waals surface area (Å²) in [6.45, 7) is 0. The quantitative estimate of drug-likeness (QED) is 0.183. The second-order valence-corrected chi connectivity index (χ2v) is 9.53. The molecule has 0 fully saturated rings. The molecule has 2 aromatic heterocycles. The molecule has 190 valence electrons. The van der Waals surface area contributed by atoms with Gasteiger partial charge in [-0.25, -0.2) is 20.2 Å². The molecule has 5 nitrogen and oxygen atoms in total. The molecule has 7 rings (SSSR count). The van der Waals surface area contributed by atoms with Gasteiger partial charge < -0.3 is 4.84 Å². The Morgan fingerprint density at radius 1 is 0.600 bits per heavy atom. The molecule has 0 unspecified atom stereocenters. The Labute approximate surface area is 230 Å². The number of carbonyl (C=O) groups is 1. The third kappa shape index (κ3) is 4.29. The predicted octanol–water partition coefficient (Wildman–Crippen LogP) is 8.45. The number of nitrogens with zero attached hydrogens (tertiary/aromatic N) is 2. The molecule has 2 heterocycles. The van der Waals surface area contributed by atoms with Gasteiger partial charge in [0.15, 0.2) is 0 Å². The van der Waals surface area contributed by atoms with Gasteiger partial charge >= 0.3 is 5.97 Å². The molecule has 0 spiro atoms. The first-order chi connectivity index (χ1) is 19.7. The van der Waals surface area contributed by atoms with Gasteiger partial charge in [-0.2, -0.15) is 0 Å². The molecule has 0 saturated heterocycles. The Bertz CT molecular complexity index is 2020. The number of fused-ring (bicyclic) bond motifs is 4. The monoisotopic (exact) mass is 517 g/mol. The Kier molecular flexibility index (Phi) is 5.87. The van der Waals surface area contributed by atoms with Crippen LogP contribution in [0.2, 0.25) is 0 Å². The zero-order valence-corrected chi connectivity index (χ0v) is 21.4. The van der Waals surface area contributed by atoms with Crippen LogP contribution in [0.4, 0.5) is 5.69 Å². The Morgan fingerprint density at radius 2 is 1.25 bits per heavy atom. The highest BCUT2D eigenvalue weighted by molar-refractivity contribution is 6.16. The normalized spacial score (nSPS) is 11.1. The molecule has 0 amide bonds. The first-order valence-corrected chi connectivity index (χ1v) is 13.0. The van der Waals surface area contributed by atoms with Crippen molar-refractivity contribution in [1.82, 2.24) is 9.97 Å². The van der Waals surface area contributed by atoms with Gasteiger partial charge in [0, 0.05) is 10.8 Å². The highest BCUT2D eigenvalue weighted by Crippen LogP contribution is 2.34. The van der Waals surface area contributed by atoms with Gasteiger partial charge in [-0.1, -0.05) is 97.1 Å².